The largest absolute Gasteiger partial charge is 0.327 e. The first kappa shape index (κ1) is 21.5. The predicted octanol–water partition coefficient (Wildman–Crippen LogP) is 4.80. The van der Waals surface area contributed by atoms with Gasteiger partial charge in [0.1, 0.15) is 6.04 Å². The van der Waals surface area contributed by atoms with Crippen LogP contribution >= 0.6 is 34.5 Å². The molecule has 1 unspecified atom stereocenters. The van der Waals surface area contributed by atoms with Crippen LogP contribution in [0.25, 0.3) is 10.2 Å². The summed E-state index contributed by atoms with van der Waals surface area (Å²) in [5, 5.41) is 6.72. The lowest BCUT2D eigenvalue weighted by Gasteiger charge is -2.23. The molecule has 10 heteroatoms. The standard InChI is InChI=1S/C21H18Cl2N4O3S/c1-11(28)24-15-4-5-16-18(10-15)31-21(25-16)26-19(29)17-3-2-6-27(17)20(30)12-7-13(22)9-14(23)8-12/h4-5,7-10,17H,2-3,6H2,1H3,(H,24,28)(H,25,26,29). The average Bonchev–Trinajstić information content (AvgIpc) is 3.32. The van der Waals surface area contributed by atoms with Crippen LogP contribution in [-0.2, 0) is 9.59 Å². The first-order valence-electron chi connectivity index (χ1n) is 9.56. The lowest BCUT2D eigenvalue weighted by atomic mass is 10.1. The number of nitrogens with zero attached hydrogens (tertiary/aromatic N) is 2. The van der Waals surface area contributed by atoms with Gasteiger partial charge in [0.05, 0.1) is 10.2 Å². The second-order valence-corrected chi connectivity index (χ2v) is 9.09. The number of thiazole rings is 1. The van der Waals surface area contributed by atoms with Gasteiger partial charge in [-0.05, 0) is 49.2 Å². The van der Waals surface area contributed by atoms with Crippen LogP contribution in [-0.4, -0.2) is 40.2 Å². The van der Waals surface area contributed by atoms with E-state index in [1.165, 1.54) is 18.3 Å². The molecule has 7 nitrogen and oxygen atoms in total. The van der Waals surface area contributed by atoms with Gasteiger partial charge in [-0.3, -0.25) is 14.4 Å². The van der Waals surface area contributed by atoms with E-state index in [0.717, 1.165) is 11.1 Å². The molecule has 31 heavy (non-hydrogen) atoms. The number of likely N-dealkylation sites (tertiary alicyclic amines) is 1. The Morgan fingerprint density at radius 3 is 2.55 bits per heavy atom. The van der Waals surface area contributed by atoms with E-state index in [-0.39, 0.29) is 17.7 Å². The van der Waals surface area contributed by atoms with Gasteiger partial charge in [0.15, 0.2) is 5.13 Å². The number of hydrogen-bond acceptors (Lipinski definition) is 5. The van der Waals surface area contributed by atoms with E-state index >= 15 is 0 Å². The summed E-state index contributed by atoms with van der Waals surface area (Å²) >= 11 is 13.3. The number of carbonyl (C=O) groups is 3. The summed E-state index contributed by atoms with van der Waals surface area (Å²) in [6, 6.07) is 9.37. The summed E-state index contributed by atoms with van der Waals surface area (Å²) in [5.41, 5.74) is 1.72. The van der Waals surface area contributed by atoms with Gasteiger partial charge >= 0.3 is 0 Å². The van der Waals surface area contributed by atoms with E-state index in [0.29, 0.717) is 44.9 Å². The molecule has 4 rings (SSSR count). The van der Waals surface area contributed by atoms with E-state index in [2.05, 4.69) is 15.6 Å². The van der Waals surface area contributed by atoms with E-state index in [1.807, 2.05) is 0 Å². The van der Waals surface area contributed by atoms with E-state index in [9.17, 15) is 14.4 Å². The topological polar surface area (TPSA) is 91.4 Å². The van der Waals surface area contributed by atoms with Gasteiger partial charge in [-0.1, -0.05) is 34.5 Å². The van der Waals surface area contributed by atoms with Gasteiger partial charge in [0.25, 0.3) is 5.91 Å². The van der Waals surface area contributed by atoms with Crippen molar-refractivity contribution < 1.29 is 14.4 Å². The third kappa shape index (κ3) is 4.81. The number of nitrogens with one attached hydrogen (secondary N) is 2. The summed E-state index contributed by atoms with van der Waals surface area (Å²) < 4.78 is 0.828. The number of hydrogen-bond donors (Lipinski definition) is 2. The van der Waals surface area contributed by atoms with Crippen LogP contribution in [0.1, 0.15) is 30.1 Å². The Balaban J connectivity index is 1.50. The maximum Gasteiger partial charge on any atom is 0.254 e. The summed E-state index contributed by atoms with van der Waals surface area (Å²) in [5.74, 6) is -0.740. The van der Waals surface area contributed by atoms with Crippen LogP contribution in [0, 0.1) is 0 Å². The van der Waals surface area contributed by atoms with Gasteiger partial charge in [-0.2, -0.15) is 0 Å². The number of fused-ring (bicyclic) bond motifs is 1. The van der Waals surface area contributed by atoms with E-state index in [1.54, 1.807) is 41.3 Å². The maximum atomic E-state index is 13.0. The molecule has 1 aromatic heterocycles. The fourth-order valence-electron chi connectivity index (χ4n) is 3.57. The minimum absolute atomic E-state index is 0.163. The van der Waals surface area contributed by atoms with Gasteiger partial charge in [0.2, 0.25) is 11.8 Å². The van der Waals surface area contributed by atoms with Gasteiger partial charge in [-0.15, -0.1) is 0 Å². The predicted molar refractivity (Wildman–Crippen MR) is 123 cm³/mol. The second kappa shape index (κ2) is 8.82. The number of halogens is 2. The second-order valence-electron chi connectivity index (χ2n) is 7.19. The molecule has 0 radical (unpaired) electrons. The number of rotatable bonds is 4. The Morgan fingerprint density at radius 1 is 1.10 bits per heavy atom. The summed E-state index contributed by atoms with van der Waals surface area (Å²) in [6.07, 6.45) is 1.28. The molecule has 0 aliphatic carbocycles. The quantitative estimate of drug-likeness (QED) is 0.565. The fraction of sp³-hybridized carbons (Fsp3) is 0.238. The van der Waals surface area contributed by atoms with Crippen LogP contribution in [0.5, 0.6) is 0 Å². The number of aromatic nitrogens is 1. The van der Waals surface area contributed by atoms with Crippen molar-refractivity contribution in [2.24, 2.45) is 0 Å². The Kier molecular flexibility index (Phi) is 6.13. The first-order chi connectivity index (χ1) is 14.8. The molecule has 0 bridgehead atoms. The van der Waals surface area contributed by atoms with Crippen LogP contribution in [0.3, 0.4) is 0 Å². The molecular formula is C21H18Cl2N4O3S. The molecule has 1 atom stereocenters. The highest BCUT2D eigenvalue weighted by Gasteiger charge is 2.35. The first-order valence-corrected chi connectivity index (χ1v) is 11.1. The molecule has 1 aliphatic heterocycles. The van der Waals surface area contributed by atoms with Crippen molar-refractivity contribution in [3.8, 4) is 0 Å². The smallest absolute Gasteiger partial charge is 0.254 e. The van der Waals surface area contributed by atoms with E-state index in [4.69, 9.17) is 23.2 Å². The average molecular weight is 477 g/mol. The van der Waals surface area contributed by atoms with Crippen LogP contribution < -0.4 is 10.6 Å². The summed E-state index contributed by atoms with van der Waals surface area (Å²) in [6.45, 7) is 1.91. The zero-order valence-corrected chi connectivity index (χ0v) is 18.8. The lowest BCUT2D eigenvalue weighted by molar-refractivity contribution is -0.119. The molecule has 1 fully saturated rings. The van der Waals surface area contributed by atoms with Crippen molar-refractivity contribution in [1.29, 1.82) is 0 Å². The summed E-state index contributed by atoms with van der Waals surface area (Å²) in [4.78, 5) is 43.1. The highest BCUT2D eigenvalue weighted by atomic mass is 35.5. The van der Waals surface area contributed by atoms with Crippen LogP contribution in [0.15, 0.2) is 36.4 Å². The Labute approximate surface area is 192 Å². The molecule has 0 spiro atoms. The minimum atomic E-state index is -0.604. The SMILES string of the molecule is CC(=O)Nc1ccc2nc(NC(=O)C3CCCN3C(=O)c3cc(Cl)cc(Cl)c3)sc2c1. The number of amides is 3. The van der Waals surface area contributed by atoms with E-state index < -0.39 is 6.04 Å². The molecule has 1 aliphatic rings. The number of benzene rings is 2. The van der Waals surface area contributed by atoms with Crippen LogP contribution in [0.4, 0.5) is 10.8 Å². The van der Waals surface area contributed by atoms with Crippen molar-refractivity contribution in [1.82, 2.24) is 9.88 Å². The molecule has 1 saturated heterocycles. The molecule has 160 valence electrons. The highest BCUT2D eigenvalue weighted by molar-refractivity contribution is 7.22. The monoisotopic (exact) mass is 476 g/mol. The van der Waals surface area contributed by atoms with Crippen molar-refractivity contribution in [2.75, 3.05) is 17.2 Å². The third-order valence-electron chi connectivity index (χ3n) is 4.86. The Morgan fingerprint density at radius 2 is 1.84 bits per heavy atom. The fourth-order valence-corrected chi connectivity index (χ4v) is 5.01. The highest BCUT2D eigenvalue weighted by Crippen LogP contribution is 2.30. The molecule has 3 amide bonds. The normalized spacial score (nSPS) is 15.8. The van der Waals surface area contributed by atoms with Crippen molar-refractivity contribution in [3.05, 3.63) is 52.0 Å². The Hall–Kier alpha value is -2.68. The number of carbonyl (C=O) groups excluding carboxylic acids is 3. The van der Waals surface area contributed by atoms with Crippen molar-refractivity contribution >= 4 is 73.3 Å². The third-order valence-corrected chi connectivity index (χ3v) is 6.23. The summed E-state index contributed by atoms with van der Waals surface area (Å²) in [7, 11) is 0. The van der Waals surface area contributed by atoms with Crippen molar-refractivity contribution in [2.45, 2.75) is 25.8 Å². The zero-order valence-electron chi connectivity index (χ0n) is 16.4. The minimum Gasteiger partial charge on any atom is -0.327 e. The Bertz CT molecular complexity index is 1180. The van der Waals surface area contributed by atoms with Gasteiger partial charge in [-0.25, -0.2) is 4.98 Å². The molecular weight excluding hydrogens is 459 g/mol. The van der Waals surface area contributed by atoms with Gasteiger partial charge in [0, 0.05) is 34.8 Å². The molecule has 0 saturated carbocycles. The zero-order chi connectivity index (χ0) is 22.1. The van der Waals surface area contributed by atoms with Crippen molar-refractivity contribution in [3.63, 3.8) is 0 Å². The molecule has 2 aromatic carbocycles. The number of anilines is 2. The molecule has 2 heterocycles. The van der Waals surface area contributed by atoms with Gasteiger partial charge < -0.3 is 15.5 Å². The lowest BCUT2D eigenvalue weighted by Crippen LogP contribution is -2.43. The van der Waals surface area contributed by atoms with Crippen LogP contribution in [0.2, 0.25) is 10.0 Å². The maximum absolute atomic E-state index is 13.0. The molecule has 2 N–H and O–H groups in total. The molecule has 3 aromatic rings.